The van der Waals surface area contributed by atoms with Crippen LogP contribution in [0.25, 0.3) is 0 Å². The van der Waals surface area contributed by atoms with Crippen LogP contribution in [0.15, 0.2) is 0 Å². The number of nitrogens with one attached hydrogen (secondary N) is 1. The Kier molecular flexibility index (Phi) is 2.11. The third-order valence-electron chi connectivity index (χ3n) is 2.73. The Morgan fingerprint density at radius 1 is 1.55 bits per heavy atom. The molecule has 11 heavy (non-hydrogen) atoms. The molecule has 0 amide bonds. The Morgan fingerprint density at radius 2 is 2.45 bits per heavy atom. The molecule has 2 saturated heterocycles. The zero-order valence-electron chi connectivity index (χ0n) is 7.05. The van der Waals surface area contributed by atoms with Gasteiger partial charge >= 0.3 is 0 Å². The first-order valence-electron chi connectivity index (χ1n) is 4.40. The topological polar surface area (TPSA) is 24.5 Å². The molecule has 2 fully saturated rings. The molecule has 3 nitrogen and oxygen atoms in total. The van der Waals surface area contributed by atoms with Crippen LogP contribution in [-0.4, -0.2) is 50.3 Å². The van der Waals surface area contributed by atoms with Gasteiger partial charge in [0, 0.05) is 19.1 Å². The molecule has 2 aliphatic rings. The maximum absolute atomic E-state index is 5.67. The molecule has 2 rings (SSSR count). The van der Waals surface area contributed by atoms with Crippen LogP contribution in [0, 0.1) is 0 Å². The quantitative estimate of drug-likeness (QED) is 0.520. The number of piperidine rings is 1. The summed E-state index contributed by atoms with van der Waals surface area (Å²) in [7, 11) is 2.19. The van der Waals surface area contributed by atoms with Crippen molar-refractivity contribution in [3.8, 4) is 0 Å². The van der Waals surface area contributed by atoms with Gasteiger partial charge in [-0.15, -0.1) is 0 Å². The standard InChI is InChI=1S/C8H16N2O/c1-10-4-5-11-8-2-3-9-6-7(8)10/h7-9H,2-6H2,1H3/t7-,8-/m0/s1. The number of ether oxygens (including phenoxy) is 1. The van der Waals surface area contributed by atoms with Crippen molar-refractivity contribution in [3.05, 3.63) is 0 Å². The lowest BCUT2D eigenvalue weighted by Crippen LogP contribution is -2.57. The van der Waals surface area contributed by atoms with E-state index in [2.05, 4.69) is 17.3 Å². The van der Waals surface area contributed by atoms with E-state index in [0.717, 1.165) is 26.2 Å². The van der Waals surface area contributed by atoms with Crippen LogP contribution in [0.3, 0.4) is 0 Å². The van der Waals surface area contributed by atoms with E-state index < -0.39 is 0 Å². The lowest BCUT2D eigenvalue weighted by molar-refractivity contribution is -0.0730. The van der Waals surface area contributed by atoms with Crippen LogP contribution in [-0.2, 0) is 4.74 Å². The van der Waals surface area contributed by atoms with Gasteiger partial charge in [0.1, 0.15) is 0 Å². The highest BCUT2D eigenvalue weighted by atomic mass is 16.5. The molecule has 0 aliphatic carbocycles. The van der Waals surface area contributed by atoms with Crippen molar-refractivity contribution in [2.75, 3.05) is 33.3 Å². The molecule has 3 heteroatoms. The zero-order chi connectivity index (χ0) is 7.68. The van der Waals surface area contributed by atoms with Gasteiger partial charge in [0.2, 0.25) is 0 Å². The highest BCUT2D eigenvalue weighted by molar-refractivity contribution is 4.87. The van der Waals surface area contributed by atoms with Gasteiger partial charge in [0.15, 0.2) is 0 Å². The monoisotopic (exact) mass is 156 g/mol. The van der Waals surface area contributed by atoms with Crippen LogP contribution in [0.5, 0.6) is 0 Å². The van der Waals surface area contributed by atoms with Gasteiger partial charge in [0.05, 0.1) is 12.7 Å². The van der Waals surface area contributed by atoms with Crippen molar-refractivity contribution >= 4 is 0 Å². The summed E-state index contributed by atoms with van der Waals surface area (Å²) in [5.41, 5.74) is 0. The Labute approximate surface area is 67.7 Å². The summed E-state index contributed by atoms with van der Waals surface area (Å²) in [5.74, 6) is 0. The summed E-state index contributed by atoms with van der Waals surface area (Å²) >= 11 is 0. The third-order valence-corrected chi connectivity index (χ3v) is 2.73. The van der Waals surface area contributed by atoms with E-state index in [1.54, 1.807) is 0 Å². The molecule has 2 atom stereocenters. The highest BCUT2D eigenvalue weighted by Crippen LogP contribution is 2.17. The molecule has 0 saturated carbocycles. The third kappa shape index (κ3) is 1.41. The number of rotatable bonds is 0. The lowest BCUT2D eigenvalue weighted by atomic mass is 10.0. The smallest absolute Gasteiger partial charge is 0.0755 e. The molecule has 0 aromatic carbocycles. The molecular weight excluding hydrogens is 140 g/mol. The van der Waals surface area contributed by atoms with Crippen LogP contribution in [0.2, 0.25) is 0 Å². The predicted molar refractivity (Wildman–Crippen MR) is 43.6 cm³/mol. The van der Waals surface area contributed by atoms with E-state index in [4.69, 9.17) is 4.74 Å². The molecule has 0 bridgehead atoms. The molecule has 0 aromatic rings. The molecule has 64 valence electrons. The molecule has 2 heterocycles. The maximum atomic E-state index is 5.67. The first-order valence-corrected chi connectivity index (χ1v) is 4.40. The Hall–Kier alpha value is -0.120. The molecule has 0 aromatic heterocycles. The fourth-order valence-electron chi connectivity index (χ4n) is 1.97. The minimum absolute atomic E-state index is 0.495. The first-order chi connectivity index (χ1) is 5.38. The van der Waals surface area contributed by atoms with E-state index in [9.17, 15) is 0 Å². The summed E-state index contributed by atoms with van der Waals surface area (Å²) in [6.07, 6.45) is 1.67. The fraction of sp³-hybridized carbons (Fsp3) is 1.00. The zero-order valence-corrected chi connectivity index (χ0v) is 7.05. The second kappa shape index (κ2) is 3.09. The minimum Gasteiger partial charge on any atom is -0.375 e. The van der Waals surface area contributed by atoms with Crippen molar-refractivity contribution in [2.24, 2.45) is 0 Å². The van der Waals surface area contributed by atoms with Crippen molar-refractivity contribution in [1.29, 1.82) is 0 Å². The van der Waals surface area contributed by atoms with Crippen molar-refractivity contribution in [3.63, 3.8) is 0 Å². The van der Waals surface area contributed by atoms with Crippen molar-refractivity contribution in [1.82, 2.24) is 10.2 Å². The van der Waals surface area contributed by atoms with Gasteiger partial charge in [-0.1, -0.05) is 0 Å². The SMILES string of the molecule is CN1CCO[C@H]2CCNC[C@@H]21. The molecule has 1 N–H and O–H groups in total. The van der Waals surface area contributed by atoms with E-state index in [-0.39, 0.29) is 0 Å². The average Bonchev–Trinajstić information content (AvgIpc) is 2.06. The second-order valence-corrected chi connectivity index (χ2v) is 3.45. The number of hydrogen-bond acceptors (Lipinski definition) is 3. The normalized spacial score (nSPS) is 40.1. The molecular formula is C8H16N2O. The van der Waals surface area contributed by atoms with Crippen LogP contribution in [0.1, 0.15) is 6.42 Å². The highest BCUT2D eigenvalue weighted by Gasteiger charge is 2.31. The number of hydrogen-bond donors (Lipinski definition) is 1. The molecule has 0 radical (unpaired) electrons. The molecule has 0 unspecified atom stereocenters. The van der Waals surface area contributed by atoms with Crippen molar-refractivity contribution < 1.29 is 4.74 Å². The molecule has 0 spiro atoms. The summed E-state index contributed by atoms with van der Waals surface area (Å²) in [6, 6.07) is 0.623. The van der Waals surface area contributed by atoms with E-state index in [1.165, 1.54) is 6.42 Å². The maximum Gasteiger partial charge on any atom is 0.0755 e. The van der Waals surface area contributed by atoms with Gasteiger partial charge in [-0.05, 0) is 20.0 Å². The lowest BCUT2D eigenvalue weighted by Gasteiger charge is -2.42. The summed E-state index contributed by atoms with van der Waals surface area (Å²) < 4.78 is 5.67. The fourth-order valence-corrected chi connectivity index (χ4v) is 1.97. The second-order valence-electron chi connectivity index (χ2n) is 3.45. The number of morpholine rings is 1. The summed E-state index contributed by atoms with van der Waals surface area (Å²) in [4.78, 5) is 2.40. The largest absolute Gasteiger partial charge is 0.375 e. The summed E-state index contributed by atoms with van der Waals surface area (Å²) in [5, 5.41) is 3.39. The predicted octanol–water partition coefficient (Wildman–Crippen LogP) is -0.321. The Bertz CT molecular complexity index is 138. The van der Waals surface area contributed by atoms with Gasteiger partial charge in [-0.3, -0.25) is 4.90 Å². The van der Waals surface area contributed by atoms with Crippen molar-refractivity contribution in [2.45, 2.75) is 18.6 Å². The van der Waals surface area contributed by atoms with Gasteiger partial charge in [0.25, 0.3) is 0 Å². The van der Waals surface area contributed by atoms with Gasteiger partial charge < -0.3 is 10.1 Å². The number of fused-ring (bicyclic) bond motifs is 1. The van der Waals surface area contributed by atoms with Gasteiger partial charge in [-0.25, -0.2) is 0 Å². The van der Waals surface area contributed by atoms with Gasteiger partial charge in [-0.2, -0.15) is 0 Å². The van der Waals surface area contributed by atoms with Crippen LogP contribution >= 0.6 is 0 Å². The van der Waals surface area contributed by atoms with Crippen LogP contribution < -0.4 is 5.32 Å². The van der Waals surface area contributed by atoms with E-state index in [1.807, 2.05) is 0 Å². The molecule has 2 aliphatic heterocycles. The number of likely N-dealkylation sites (N-methyl/N-ethyl adjacent to an activating group) is 1. The Morgan fingerprint density at radius 3 is 3.27 bits per heavy atom. The van der Waals surface area contributed by atoms with Crippen LogP contribution in [0.4, 0.5) is 0 Å². The average molecular weight is 156 g/mol. The Balaban J connectivity index is 1.99. The minimum atomic E-state index is 0.495. The first kappa shape index (κ1) is 7.53. The number of nitrogens with zero attached hydrogens (tertiary/aromatic N) is 1. The van der Waals surface area contributed by atoms with E-state index >= 15 is 0 Å². The van der Waals surface area contributed by atoms with E-state index in [0.29, 0.717) is 12.1 Å². The summed E-state index contributed by atoms with van der Waals surface area (Å²) in [6.45, 7) is 4.22.